The molecular formula is C9H14N2O. The number of rotatable bonds is 2. The molecule has 0 unspecified atom stereocenters. The van der Waals surface area contributed by atoms with Crippen molar-refractivity contribution in [3.63, 3.8) is 0 Å². The number of hydrogen-bond acceptors (Lipinski definition) is 2. The molecule has 2 heterocycles. The largest absolute Gasteiger partial charge is 0.373 e. The predicted molar refractivity (Wildman–Crippen MR) is 46.9 cm³/mol. The van der Waals surface area contributed by atoms with Crippen LogP contribution in [0, 0.1) is 0 Å². The Labute approximate surface area is 72.3 Å². The van der Waals surface area contributed by atoms with Gasteiger partial charge in [0.1, 0.15) is 0 Å². The maximum Gasteiger partial charge on any atom is 0.0872 e. The van der Waals surface area contributed by atoms with E-state index in [2.05, 4.69) is 22.1 Å². The van der Waals surface area contributed by atoms with Crippen molar-refractivity contribution in [2.75, 3.05) is 13.7 Å². The van der Waals surface area contributed by atoms with Crippen molar-refractivity contribution in [3.8, 4) is 0 Å². The fraction of sp³-hybridized carbons (Fsp3) is 0.556. The van der Waals surface area contributed by atoms with E-state index in [9.17, 15) is 0 Å². The summed E-state index contributed by atoms with van der Waals surface area (Å²) in [6, 6.07) is 2.17. The smallest absolute Gasteiger partial charge is 0.0872 e. The topological polar surface area (TPSA) is 26.2 Å². The van der Waals surface area contributed by atoms with Crippen molar-refractivity contribution < 1.29 is 4.74 Å². The van der Waals surface area contributed by atoms with Gasteiger partial charge in [0.05, 0.1) is 13.2 Å². The van der Waals surface area contributed by atoms with Gasteiger partial charge in [0.15, 0.2) is 0 Å². The van der Waals surface area contributed by atoms with E-state index in [-0.39, 0.29) is 0 Å². The molecule has 0 saturated heterocycles. The van der Waals surface area contributed by atoms with Crippen LogP contribution < -0.4 is 5.32 Å². The van der Waals surface area contributed by atoms with E-state index in [4.69, 9.17) is 4.74 Å². The lowest BCUT2D eigenvalue weighted by molar-refractivity contribution is 0.0842. The van der Waals surface area contributed by atoms with Gasteiger partial charge in [-0.1, -0.05) is 0 Å². The zero-order chi connectivity index (χ0) is 8.39. The summed E-state index contributed by atoms with van der Waals surface area (Å²) in [5.41, 5.74) is 2.69. The van der Waals surface area contributed by atoms with Gasteiger partial charge in [-0.25, -0.2) is 0 Å². The van der Waals surface area contributed by atoms with Gasteiger partial charge in [-0.05, 0) is 18.7 Å². The third-order valence-electron chi connectivity index (χ3n) is 2.26. The Balaban J connectivity index is 2.25. The molecule has 2 rings (SSSR count). The molecule has 1 aromatic heterocycles. The Hall–Kier alpha value is -0.800. The van der Waals surface area contributed by atoms with Gasteiger partial charge in [-0.2, -0.15) is 0 Å². The highest BCUT2D eigenvalue weighted by Gasteiger charge is 2.12. The SMILES string of the molecule is CNCc1ccn2c1COCC2. The Kier molecular flexibility index (Phi) is 2.15. The number of nitrogens with one attached hydrogen (secondary N) is 1. The van der Waals surface area contributed by atoms with Crippen molar-refractivity contribution in [1.29, 1.82) is 0 Å². The van der Waals surface area contributed by atoms with Gasteiger partial charge >= 0.3 is 0 Å². The first kappa shape index (κ1) is 7.83. The lowest BCUT2D eigenvalue weighted by Gasteiger charge is -2.17. The number of fused-ring (bicyclic) bond motifs is 1. The van der Waals surface area contributed by atoms with Gasteiger partial charge in [-0.15, -0.1) is 0 Å². The van der Waals surface area contributed by atoms with Gasteiger partial charge in [-0.3, -0.25) is 0 Å². The molecule has 0 atom stereocenters. The van der Waals surface area contributed by atoms with Crippen molar-refractivity contribution in [1.82, 2.24) is 9.88 Å². The maximum absolute atomic E-state index is 5.39. The second-order valence-electron chi connectivity index (χ2n) is 3.06. The Morgan fingerprint density at radius 3 is 3.42 bits per heavy atom. The zero-order valence-electron chi connectivity index (χ0n) is 7.34. The van der Waals surface area contributed by atoms with Gasteiger partial charge < -0.3 is 14.6 Å². The van der Waals surface area contributed by atoms with E-state index in [0.29, 0.717) is 0 Å². The van der Waals surface area contributed by atoms with E-state index in [1.165, 1.54) is 11.3 Å². The van der Waals surface area contributed by atoms with Crippen LogP contribution >= 0.6 is 0 Å². The van der Waals surface area contributed by atoms with Crippen LogP contribution in [0.15, 0.2) is 12.3 Å². The van der Waals surface area contributed by atoms with E-state index in [0.717, 1.165) is 26.3 Å². The number of hydrogen-bond donors (Lipinski definition) is 1. The first-order valence-electron chi connectivity index (χ1n) is 4.31. The summed E-state index contributed by atoms with van der Waals surface area (Å²) in [7, 11) is 1.97. The summed E-state index contributed by atoms with van der Waals surface area (Å²) in [4.78, 5) is 0. The molecular weight excluding hydrogens is 152 g/mol. The normalized spacial score (nSPS) is 16.1. The maximum atomic E-state index is 5.39. The highest BCUT2D eigenvalue weighted by Crippen LogP contribution is 2.15. The monoisotopic (exact) mass is 166 g/mol. The summed E-state index contributed by atoms with van der Waals surface area (Å²) < 4.78 is 7.67. The second-order valence-corrected chi connectivity index (χ2v) is 3.06. The molecule has 0 radical (unpaired) electrons. The van der Waals surface area contributed by atoms with Gasteiger partial charge in [0, 0.05) is 25.0 Å². The average Bonchev–Trinajstić information content (AvgIpc) is 2.50. The molecule has 0 saturated carbocycles. The molecule has 0 aliphatic carbocycles. The van der Waals surface area contributed by atoms with Crippen LogP contribution in [-0.4, -0.2) is 18.2 Å². The van der Waals surface area contributed by atoms with Crippen molar-refractivity contribution in [3.05, 3.63) is 23.5 Å². The lowest BCUT2D eigenvalue weighted by Crippen LogP contribution is -2.17. The van der Waals surface area contributed by atoms with Crippen LogP contribution in [0.5, 0.6) is 0 Å². The molecule has 1 aromatic rings. The number of aromatic nitrogens is 1. The first-order chi connectivity index (χ1) is 5.92. The third-order valence-corrected chi connectivity index (χ3v) is 2.26. The molecule has 1 aliphatic rings. The van der Waals surface area contributed by atoms with E-state index < -0.39 is 0 Å². The Bertz CT molecular complexity index is 267. The van der Waals surface area contributed by atoms with Crippen LogP contribution in [0.2, 0.25) is 0 Å². The summed E-state index contributed by atoms with van der Waals surface area (Å²) >= 11 is 0. The first-order valence-corrected chi connectivity index (χ1v) is 4.31. The van der Waals surface area contributed by atoms with Crippen LogP contribution in [0.1, 0.15) is 11.3 Å². The fourth-order valence-electron chi connectivity index (χ4n) is 1.62. The fourth-order valence-corrected chi connectivity index (χ4v) is 1.62. The van der Waals surface area contributed by atoms with Crippen LogP contribution in [0.25, 0.3) is 0 Å². The molecule has 0 aromatic carbocycles. The van der Waals surface area contributed by atoms with Gasteiger partial charge in [0.25, 0.3) is 0 Å². The second kappa shape index (κ2) is 3.29. The highest BCUT2D eigenvalue weighted by molar-refractivity contribution is 5.22. The van der Waals surface area contributed by atoms with E-state index in [1.807, 2.05) is 7.05 Å². The minimum absolute atomic E-state index is 0.768. The average molecular weight is 166 g/mol. The zero-order valence-corrected chi connectivity index (χ0v) is 7.34. The summed E-state index contributed by atoms with van der Waals surface area (Å²) in [6.07, 6.45) is 2.14. The summed E-state index contributed by atoms with van der Waals surface area (Å²) in [5.74, 6) is 0. The van der Waals surface area contributed by atoms with Crippen LogP contribution in [-0.2, 0) is 24.4 Å². The molecule has 66 valence electrons. The molecule has 3 heteroatoms. The third kappa shape index (κ3) is 1.26. The highest BCUT2D eigenvalue weighted by atomic mass is 16.5. The lowest BCUT2D eigenvalue weighted by atomic mass is 10.2. The molecule has 3 nitrogen and oxygen atoms in total. The van der Waals surface area contributed by atoms with E-state index in [1.54, 1.807) is 0 Å². The van der Waals surface area contributed by atoms with Crippen molar-refractivity contribution in [2.24, 2.45) is 0 Å². The molecule has 0 amide bonds. The molecule has 0 bridgehead atoms. The Morgan fingerprint density at radius 1 is 1.67 bits per heavy atom. The quantitative estimate of drug-likeness (QED) is 0.701. The molecule has 0 fully saturated rings. The summed E-state index contributed by atoms with van der Waals surface area (Å²) in [5, 5.41) is 3.15. The number of ether oxygens (including phenoxy) is 1. The molecule has 12 heavy (non-hydrogen) atoms. The van der Waals surface area contributed by atoms with Crippen molar-refractivity contribution in [2.45, 2.75) is 19.7 Å². The molecule has 1 N–H and O–H groups in total. The van der Waals surface area contributed by atoms with Crippen LogP contribution in [0.4, 0.5) is 0 Å². The van der Waals surface area contributed by atoms with Gasteiger partial charge in [0.2, 0.25) is 0 Å². The summed E-state index contributed by atoms with van der Waals surface area (Å²) in [6.45, 7) is 3.55. The van der Waals surface area contributed by atoms with E-state index >= 15 is 0 Å². The predicted octanol–water partition coefficient (Wildman–Crippen LogP) is 0.738. The minimum Gasteiger partial charge on any atom is -0.373 e. The van der Waals surface area contributed by atoms with Crippen molar-refractivity contribution >= 4 is 0 Å². The van der Waals surface area contributed by atoms with Crippen LogP contribution in [0.3, 0.4) is 0 Å². The molecule has 1 aliphatic heterocycles. The molecule has 0 spiro atoms. The Morgan fingerprint density at radius 2 is 2.58 bits per heavy atom. The standard InChI is InChI=1S/C9H14N2O/c1-10-6-8-2-3-11-4-5-12-7-9(8)11/h2-3,10H,4-7H2,1H3. The number of nitrogens with zero attached hydrogens (tertiary/aromatic N) is 1. The minimum atomic E-state index is 0.768.